The molecule has 90 valence electrons. The van der Waals surface area contributed by atoms with Gasteiger partial charge in [0, 0.05) is 23.7 Å². The van der Waals surface area contributed by atoms with E-state index in [9.17, 15) is 5.11 Å². The van der Waals surface area contributed by atoms with Crippen LogP contribution in [0.3, 0.4) is 0 Å². The van der Waals surface area contributed by atoms with E-state index in [2.05, 4.69) is 9.97 Å². The summed E-state index contributed by atoms with van der Waals surface area (Å²) in [5, 5.41) is 12.2. The van der Waals surface area contributed by atoms with Crippen LogP contribution in [0.4, 0.5) is 0 Å². The van der Waals surface area contributed by atoms with Crippen LogP contribution in [0.25, 0.3) is 11.0 Å². The number of aliphatic hydroxyl groups is 1. The Bertz CT molecular complexity index is 652. The van der Waals surface area contributed by atoms with Crippen molar-refractivity contribution >= 4 is 22.4 Å². The summed E-state index contributed by atoms with van der Waals surface area (Å²) in [5.41, 5.74) is 2.56. The molecule has 1 unspecified atom stereocenters. The molecule has 1 aromatic carbocycles. The summed E-state index contributed by atoms with van der Waals surface area (Å²) >= 11 is 1.66. The Morgan fingerprint density at radius 3 is 2.72 bits per heavy atom. The molecule has 1 N–H and O–H groups in total. The van der Waals surface area contributed by atoms with E-state index in [1.807, 2.05) is 35.7 Å². The molecule has 0 aliphatic carbocycles. The lowest BCUT2D eigenvalue weighted by atomic mass is 10.1. The predicted octanol–water partition coefficient (Wildman–Crippen LogP) is 2.97. The monoisotopic (exact) mass is 256 g/mol. The lowest BCUT2D eigenvalue weighted by Crippen LogP contribution is -2.00. The van der Waals surface area contributed by atoms with E-state index < -0.39 is 6.10 Å². The Morgan fingerprint density at radius 1 is 1.11 bits per heavy atom. The molecule has 3 nitrogen and oxygen atoms in total. The predicted molar refractivity (Wildman–Crippen MR) is 72.5 cm³/mol. The van der Waals surface area contributed by atoms with Gasteiger partial charge in [0.2, 0.25) is 0 Å². The molecule has 0 bridgehead atoms. The third kappa shape index (κ3) is 2.25. The smallest absolute Gasteiger partial charge is 0.0890 e. The molecule has 0 fully saturated rings. The number of aromatic nitrogens is 2. The minimum atomic E-state index is -0.491. The van der Waals surface area contributed by atoms with Gasteiger partial charge in [-0.3, -0.25) is 9.97 Å². The normalized spacial score (nSPS) is 12.7. The zero-order valence-corrected chi connectivity index (χ0v) is 10.5. The molecule has 18 heavy (non-hydrogen) atoms. The van der Waals surface area contributed by atoms with Gasteiger partial charge in [-0.1, -0.05) is 12.1 Å². The maximum Gasteiger partial charge on any atom is 0.0890 e. The number of fused-ring (bicyclic) bond motifs is 1. The molecule has 3 rings (SSSR count). The van der Waals surface area contributed by atoms with Crippen LogP contribution < -0.4 is 0 Å². The van der Waals surface area contributed by atoms with Crippen molar-refractivity contribution < 1.29 is 5.11 Å². The highest BCUT2D eigenvalue weighted by atomic mass is 32.1. The van der Waals surface area contributed by atoms with Crippen molar-refractivity contribution in [1.82, 2.24) is 9.97 Å². The van der Waals surface area contributed by atoms with Crippen molar-refractivity contribution in [2.75, 3.05) is 0 Å². The van der Waals surface area contributed by atoms with E-state index in [0.29, 0.717) is 6.42 Å². The fourth-order valence-electron chi connectivity index (χ4n) is 1.92. The van der Waals surface area contributed by atoms with Crippen LogP contribution in [0.15, 0.2) is 48.1 Å². The summed E-state index contributed by atoms with van der Waals surface area (Å²) in [6.07, 6.45) is 3.49. The fourth-order valence-corrected chi connectivity index (χ4v) is 2.67. The van der Waals surface area contributed by atoms with Crippen LogP contribution in [0, 0.1) is 0 Å². The highest BCUT2D eigenvalue weighted by molar-refractivity contribution is 7.09. The Kier molecular flexibility index (Phi) is 3.04. The Balaban J connectivity index is 1.89. The van der Waals surface area contributed by atoms with Gasteiger partial charge >= 0.3 is 0 Å². The molecule has 1 atom stereocenters. The second-order valence-electron chi connectivity index (χ2n) is 4.10. The number of hydrogen-bond donors (Lipinski definition) is 1. The minimum absolute atomic E-state index is 0.491. The molecular weight excluding hydrogens is 244 g/mol. The first kappa shape index (κ1) is 11.3. The number of benzene rings is 1. The Labute approximate surface area is 109 Å². The van der Waals surface area contributed by atoms with Gasteiger partial charge in [-0.05, 0) is 29.1 Å². The molecule has 0 saturated heterocycles. The van der Waals surface area contributed by atoms with Crippen LogP contribution >= 0.6 is 11.3 Å². The maximum absolute atomic E-state index is 10.2. The summed E-state index contributed by atoms with van der Waals surface area (Å²) in [7, 11) is 0. The van der Waals surface area contributed by atoms with Crippen molar-refractivity contribution in [2.24, 2.45) is 0 Å². The summed E-state index contributed by atoms with van der Waals surface area (Å²) in [6, 6.07) is 9.75. The maximum atomic E-state index is 10.2. The second-order valence-corrected chi connectivity index (χ2v) is 5.14. The van der Waals surface area contributed by atoms with Crippen molar-refractivity contribution in [3.63, 3.8) is 0 Å². The van der Waals surface area contributed by atoms with Crippen LogP contribution in [0.1, 0.15) is 16.5 Å². The van der Waals surface area contributed by atoms with E-state index in [4.69, 9.17) is 0 Å². The molecule has 2 heterocycles. The van der Waals surface area contributed by atoms with Crippen LogP contribution in [0.2, 0.25) is 0 Å². The van der Waals surface area contributed by atoms with E-state index in [0.717, 1.165) is 16.6 Å². The van der Waals surface area contributed by atoms with Gasteiger partial charge in [0.1, 0.15) is 0 Å². The molecule has 0 saturated carbocycles. The SMILES string of the molecule is OC(Cc1cccs1)c1ccc2nccnc2c1. The van der Waals surface area contributed by atoms with Gasteiger partial charge < -0.3 is 5.11 Å². The van der Waals surface area contributed by atoms with Crippen LogP contribution in [0.5, 0.6) is 0 Å². The first-order valence-electron chi connectivity index (χ1n) is 5.74. The average Bonchev–Trinajstić information content (AvgIpc) is 2.91. The quantitative estimate of drug-likeness (QED) is 0.783. The molecule has 0 amide bonds. The minimum Gasteiger partial charge on any atom is -0.388 e. The third-order valence-electron chi connectivity index (χ3n) is 2.85. The van der Waals surface area contributed by atoms with Crippen LogP contribution in [-0.4, -0.2) is 15.1 Å². The number of thiophene rings is 1. The summed E-state index contributed by atoms with van der Waals surface area (Å²) in [5.74, 6) is 0. The highest BCUT2D eigenvalue weighted by Gasteiger charge is 2.10. The molecule has 0 radical (unpaired) electrons. The van der Waals surface area contributed by atoms with E-state index in [-0.39, 0.29) is 0 Å². The zero-order chi connectivity index (χ0) is 12.4. The molecule has 0 spiro atoms. The molecule has 0 aliphatic heterocycles. The number of hydrogen-bond acceptors (Lipinski definition) is 4. The molecule has 3 aromatic rings. The number of nitrogens with zero attached hydrogens (tertiary/aromatic N) is 2. The number of aliphatic hydroxyl groups excluding tert-OH is 1. The zero-order valence-electron chi connectivity index (χ0n) is 9.65. The van der Waals surface area contributed by atoms with E-state index in [1.165, 1.54) is 4.88 Å². The lowest BCUT2D eigenvalue weighted by Gasteiger charge is -2.10. The van der Waals surface area contributed by atoms with Gasteiger partial charge in [-0.25, -0.2) is 0 Å². The fraction of sp³-hybridized carbons (Fsp3) is 0.143. The largest absolute Gasteiger partial charge is 0.388 e. The number of rotatable bonds is 3. The van der Waals surface area contributed by atoms with Gasteiger partial charge in [-0.2, -0.15) is 0 Å². The van der Waals surface area contributed by atoms with Crippen molar-refractivity contribution in [3.05, 3.63) is 58.5 Å². The summed E-state index contributed by atoms with van der Waals surface area (Å²) in [6.45, 7) is 0. The standard InChI is InChI=1S/C14H12N2OS/c17-14(9-11-2-1-7-18-11)10-3-4-12-13(8-10)16-6-5-15-12/h1-8,14,17H,9H2. The van der Waals surface area contributed by atoms with Crippen molar-refractivity contribution in [2.45, 2.75) is 12.5 Å². The topological polar surface area (TPSA) is 46.0 Å². The average molecular weight is 256 g/mol. The Morgan fingerprint density at radius 2 is 1.94 bits per heavy atom. The second kappa shape index (κ2) is 4.84. The van der Waals surface area contributed by atoms with Gasteiger partial charge in [-0.15, -0.1) is 11.3 Å². The van der Waals surface area contributed by atoms with Gasteiger partial charge in [0.05, 0.1) is 17.1 Å². The lowest BCUT2D eigenvalue weighted by molar-refractivity contribution is 0.179. The van der Waals surface area contributed by atoms with E-state index >= 15 is 0 Å². The summed E-state index contributed by atoms with van der Waals surface area (Å²) < 4.78 is 0. The third-order valence-corrected chi connectivity index (χ3v) is 3.75. The first-order chi connectivity index (χ1) is 8.83. The van der Waals surface area contributed by atoms with Gasteiger partial charge in [0.15, 0.2) is 0 Å². The van der Waals surface area contributed by atoms with E-state index in [1.54, 1.807) is 23.7 Å². The van der Waals surface area contributed by atoms with Crippen molar-refractivity contribution in [3.8, 4) is 0 Å². The highest BCUT2D eigenvalue weighted by Crippen LogP contribution is 2.23. The first-order valence-corrected chi connectivity index (χ1v) is 6.62. The molecule has 0 aliphatic rings. The van der Waals surface area contributed by atoms with Crippen molar-refractivity contribution in [1.29, 1.82) is 0 Å². The van der Waals surface area contributed by atoms with Crippen LogP contribution in [-0.2, 0) is 6.42 Å². The molecular formula is C14H12N2OS. The molecule has 2 aromatic heterocycles. The summed E-state index contributed by atoms with van der Waals surface area (Å²) in [4.78, 5) is 9.65. The Hall–Kier alpha value is -1.78. The van der Waals surface area contributed by atoms with Gasteiger partial charge in [0.25, 0.3) is 0 Å². The molecule has 4 heteroatoms.